The molecule has 6 nitrogen and oxygen atoms in total. The molecular weight excluding hydrogens is 385 g/mol. The van der Waals surface area contributed by atoms with Crippen LogP contribution in [-0.4, -0.2) is 35.2 Å². The quantitative estimate of drug-likeness (QED) is 0.657. The summed E-state index contributed by atoms with van der Waals surface area (Å²) in [6.45, 7) is -0.241. The van der Waals surface area contributed by atoms with Crippen LogP contribution in [0.1, 0.15) is 5.56 Å². The average Bonchev–Trinajstić information content (AvgIpc) is 2.64. The highest BCUT2D eigenvalue weighted by molar-refractivity contribution is 7.89. The van der Waals surface area contributed by atoms with Gasteiger partial charge in [0.2, 0.25) is 10.0 Å². The zero-order valence-electron chi connectivity index (χ0n) is 14.6. The number of rotatable bonds is 8. The minimum absolute atomic E-state index is 0.0774. The van der Waals surface area contributed by atoms with Crippen LogP contribution in [0, 0.1) is 17.5 Å². The van der Waals surface area contributed by atoms with E-state index in [4.69, 9.17) is 15.2 Å². The van der Waals surface area contributed by atoms with E-state index >= 15 is 0 Å². The number of sulfonamides is 1. The molecule has 2 aromatic carbocycles. The third-order valence-corrected chi connectivity index (χ3v) is 5.19. The van der Waals surface area contributed by atoms with Crippen LogP contribution < -0.4 is 19.9 Å². The Balaban J connectivity index is 2.07. The number of hydrogen-bond acceptors (Lipinski definition) is 5. The molecule has 0 saturated carbocycles. The van der Waals surface area contributed by atoms with Crippen molar-refractivity contribution >= 4 is 10.0 Å². The largest absolute Gasteiger partial charge is 0.493 e. The zero-order chi connectivity index (χ0) is 20.2. The molecule has 2 rings (SSSR count). The zero-order valence-corrected chi connectivity index (χ0v) is 15.4. The molecule has 10 heteroatoms. The Bertz CT molecular complexity index is 923. The Labute approximate surface area is 155 Å². The van der Waals surface area contributed by atoms with Gasteiger partial charge in [0.15, 0.2) is 23.1 Å². The lowest BCUT2D eigenvalue weighted by Crippen LogP contribution is -2.38. The van der Waals surface area contributed by atoms with Crippen LogP contribution in [0.25, 0.3) is 0 Å². The van der Waals surface area contributed by atoms with Gasteiger partial charge in [0.25, 0.3) is 0 Å². The predicted molar refractivity (Wildman–Crippen MR) is 92.7 cm³/mol. The van der Waals surface area contributed by atoms with Crippen LogP contribution in [0.3, 0.4) is 0 Å². The molecule has 27 heavy (non-hydrogen) atoms. The Morgan fingerprint density at radius 1 is 1.00 bits per heavy atom. The monoisotopic (exact) mass is 404 g/mol. The molecule has 0 saturated heterocycles. The SMILES string of the molecule is COc1ccc(S(=O)(=O)NC[C@H](N)Cc2cc(F)c(F)cc2F)cc1OC. The van der Waals surface area contributed by atoms with E-state index in [9.17, 15) is 21.6 Å². The van der Waals surface area contributed by atoms with Crippen molar-refractivity contribution in [3.8, 4) is 11.5 Å². The molecule has 0 fully saturated rings. The van der Waals surface area contributed by atoms with Gasteiger partial charge in [-0.05, 0) is 30.2 Å². The van der Waals surface area contributed by atoms with Crippen molar-refractivity contribution in [2.24, 2.45) is 5.73 Å². The Morgan fingerprint density at radius 3 is 2.26 bits per heavy atom. The lowest BCUT2D eigenvalue weighted by atomic mass is 10.1. The molecule has 0 amide bonds. The van der Waals surface area contributed by atoms with Crippen molar-refractivity contribution in [1.29, 1.82) is 0 Å². The van der Waals surface area contributed by atoms with Gasteiger partial charge in [-0.3, -0.25) is 0 Å². The van der Waals surface area contributed by atoms with E-state index in [-0.39, 0.29) is 29.2 Å². The van der Waals surface area contributed by atoms with E-state index in [1.807, 2.05) is 0 Å². The maximum absolute atomic E-state index is 13.7. The summed E-state index contributed by atoms with van der Waals surface area (Å²) in [6.07, 6.45) is -0.183. The molecule has 1 atom stereocenters. The molecule has 0 aliphatic rings. The molecule has 3 N–H and O–H groups in total. The Morgan fingerprint density at radius 2 is 1.63 bits per heavy atom. The highest BCUT2D eigenvalue weighted by Crippen LogP contribution is 2.29. The smallest absolute Gasteiger partial charge is 0.240 e. The van der Waals surface area contributed by atoms with Gasteiger partial charge in [-0.2, -0.15) is 0 Å². The fraction of sp³-hybridized carbons (Fsp3) is 0.294. The summed E-state index contributed by atoms with van der Waals surface area (Å²) in [6, 6.07) is 4.30. The molecule has 0 aromatic heterocycles. The van der Waals surface area contributed by atoms with Crippen LogP contribution in [0.15, 0.2) is 35.2 Å². The van der Waals surface area contributed by atoms with Gasteiger partial charge < -0.3 is 15.2 Å². The number of benzene rings is 2. The van der Waals surface area contributed by atoms with Crippen molar-refractivity contribution in [2.75, 3.05) is 20.8 Å². The second kappa shape index (κ2) is 8.59. The van der Waals surface area contributed by atoms with Crippen LogP contribution in [0.5, 0.6) is 11.5 Å². The molecule has 0 spiro atoms. The fourth-order valence-electron chi connectivity index (χ4n) is 2.36. The molecule has 0 bridgehead atoms. The number of ether oxygens (including phenoxy) is 2. The van der Waals surface area contributed by atoms with E-state index in [1.54, 1.807) is 0 Å². The van der Waals surface area contributed by atoms with Gasteiger partial charge in [0, 0.05) is 24.7 Å². The van der Waals surface area contributed by atoms with Gasteiger partial charge in [0.05, 0.1) is 19.1 Å². The van der Waals surface area contributed by atoms with Gasteiger partial charge in [0.1, 0.15) is 5.82 Å². The van der Waals surface area contributed by atoms with Crippen molar-refractivity contribution < 1.29 is 31.1 Å². The summed E-state index contributed by atoms with van der Waals surface area (Å²) in [5.41, 5.74) is 5.65. The van der Waals surface area contributed by atoms with Crippen LogP contribution in [-0.2, 0) is 16.4 Å². The average molecular weight is 404 g/mol. The van der Waals surface area contributed by atoms with Crippen LogP contribution in [0.2, 0.25) is 0 Å². The van der Waals surface area contributed by atoms with Crippen LogP contribution >= 0.6 is 0 Å². The van der Waals surface area contributed by atoms with E-state index in [0.717, 1.165) is 0 Å². The van der Waals surface area contributed by atoms with Gasteiger partial charge in [-0.1, -0.05) is 0 Å². The number of nitrogens with two attached hydrogens (primary N) is 1. The number of halogens is 3. The first-order valence-corrected chi connectivity index (χ1v) is 9.27. The van der Waals surface area contributed by atoms with Gasteiger partial charge in [-0.15, -0.1) is 0 Å². The Hall–Kier alpha value is -2.30. The standard InChI is InChI=1S/C17H19F3N2O4S/c1-25-16-4-3-12(7-17(16)26-2)27(23,24)22-9-11(21)5-10-6-14(19)15(20)8-13(10)18/h3-4,6-8,11,22H,5,9,21H2,1-2H3/t11-/m1/s1. The summed E-state index contributed by atoms with van der Waals surface area (Å²) in [7, 11) is -1.14. The van der Waals surface area contributed by atoms with Crippen molar-refractivity contribution in [2.45, 2.75) is 17.4 Å². The lowest BCUT2D eigenvalue weighted by molar-refractivity contribution is 0.354. The van der Waals surface area contributed by atoms with Crippen LogP contribution in [0.4, 0.5) is 13.2 Å². The summed E-state index contributed by atoms with van der Waals surface area (Å²) in [5.74, 6) is -2.87. The third-order valence-electron chi connectivity index (χ3n) is 3.77. The first kappa shape index (κ1) is 21.0. The normalized spacial score (nSPS) is 12.7. The predicted octanol–water partition coefficient (Wildman–Crippen LogP) is 1.97. The Kier molecular flexibility index (Phi) is 6.68. The summed E-state index contributed by atoms with van der Waals surface area (Å²) in [5, 5.41) is 0. The maximum Gasteiger partial charge on any atom is 0.240 e. The summed E-state index contributed by atoms with van der Waals surface area (Å²) < 4.78 is 77.0. The highest BCUT2D eigenvalue weighted by Gasteiger charge is 2.19. The first-order chi connectivity index (χ1) is 12.7. The third kappa shape index (κ3) is 5.12. The fourth-order valence-corrected chi connectivity index (χ4v) is 3.47. The summed E-state index contributed by atoms with van der Waals surface area (Å²) in [4.78, 5) is -0.0774. The molecule has 148 valence electrons. The first-order valence-electron chi connectivity index (χ1n) is 7.78. The molecule has 0 aliphatic heterocycles. The second-order valence-corrected chi connectivity index (χ2v) is 7.46. The molecule has 0 unspecified atom stereocenters. The van der Waals surface area contributed by atoms with Crippen molar-refractivity contribution in [3.05, 3.63) is 53.3 Å². The number of hydrogen-bond donors (Lipinski definition) is 2. The minimum Gasteiger partial charge on any atom is -0.493 e. The molecule has 2 aromatic rings. The molecule has 0 heterocycles. The molecule has 0 aliphatic carbocycles. The van der Waals surface area contributed by atoms with Gasteiger partial charge in [-0.25, -0.2) is 26.3 Å². The molecule has 0 radical (unpaired) electrons. The second-order valence-electron chi connectivity index (χ2n) is 5.69. The number of methoxy groups -OCH3 is 2. The lowest BCUT2D eigenvalue weighted by Gasteiger charge is -2.15. The number of nitrogens with one attached hydrogen (secondary N) is 1. The van der Waals surface area contributed by atoms with E-state index < -0.39 is 33.5 Å². The summed E-state index contributed by atoms with van der Waals surface area (Å²) >= 11 is 0. The van der Waals surface area contributed by atoms with E-state index in [2.05, 4.69) is 4.72 Å². The molecular formula is C17H19F3N2O4S. The van der Waals surface area contributed by atoms with E-state index in [0.29, 0.717) is 17.9 Å². The maximum atomic E-state index is 13.7. The van der Waals surface area contributed by atoms with E-state index in [1.165, 1.54) is 32.4 Å². The topological polar surface area (TPSA) is 90.7 Å². The van der Waals surface area contributed by atoms with Crippen molar-refractivity contribution in [3.63, 3.8) is 0 Å². The minimum atomic E-state index is -3.92. The van der Waals surface area contributed by atoms with Crippen molar-refractivity contribution in [1.82, 2.24) is 4.72 Å². The van der Waals surface area contributed by atoms with Gasteiger partial charge >= 0.3 is 0 Å². The highest BCUT2D eigenvalue weighted by atomic mass is 32.2.